The van der Waals surface area contributed by atoms with Crippen molar-refractivity contribution in [3.05, 3.63) is 47.4 Å². The lowest BCUT2D eigenvalue weighted by atomic mass is 9.80. The van der Waals surface area contributed by atoms with E-state index in [9.17, 15) is 0 Å². The second-order valence-electron chi connectivity index (χ2n) is 6.78. The Morgan fingerprint density at radius 1 is 1.36 bits per heavy atom. The van der Waals surface area contributed by atoms with Gasteiger partial charge in [-0.3, -0.25) is 0 Å². The Bertz CT molecular complexity index is 708. The molecule has 0 aliphatic carbocycles. The summed E-state index contributed by atoms with van der Waals surface area (Å²) in [6.07, 6.45) is 4.76. The van der Waals surface area contributed by atoms with Crippen LogP contribution in [0.15, 0.2) is 41.9 Å². The molecule has 3 aliphatic rings. The topological polar surface area (TPSA) is 18.5 Å². The highest BCUT2D eigenvalue weighted by atomic mass is 31.0. The average Bonchev–Trinajstić information content (AvgIpc) is 2.80. The van der Waals surface area contributed by atoms with Crippen LogP contribution in [0.1, 0.15) is 25.3 Å². The number of allylic oxidation sites excluding steroid dienone is 1. The van der Waals surface area contributed by atoms with E-state index in [1.54, 1.807) is 0 Å². The molecule has 3 aliphatic heterocycles. The highest BCUT2D eigenvalue weighted by molar-refractivity contribution is 7.27. The fourth-order valence-electron chi connectivity index (χ4n) is 4.06. The number of hydrogen-bond acceptors (Lipinski definition) is 3. The Hall–Kier alpha value is -1.04. The van der Waals surface area contributed by atoms with E-state index in [1.165, 1.54) is 28.1 Å². The molecule has 1 aromatic carbocycles. The first kappa shape index (κ1) is 14.5. The van der Waals surface area contributed by atoms with Crippen molar-refractivity contribution >= 4 is 29.5 Å². The summed E-state index contributed by atoms with van der Waals surface area (Å²) in [4.78, 5) is 4.91. The zero-order valence-corrected chi connectivity index (χ0v) is 15.6. The maximum absolute atomic E-state index is 3.58. The second kappa shape index (κ2) is 4.73. The molecule has 1 aromatic rings. The number of anilines is 1. The van der Waals surface area contributed by atoms with Gasteiger partial charge in [0.2, 0.25) is 0 Å². The number of nitrogens with one attached hydrogen (secondary N) is 1. The van der Waals surface area contributed by atoms with Gasteiger partial charge in [0.25, 0.3) is 0 Å². The molecule has 0 radical (unpaired) electrons. The predicted octanol–water partition coefficient (Wildman–Crippen LogP) is 2.34. The average molecular weight is 331 g/mol. The molecule has 5 heteroatoms. The molecule has 0 saturated carbocycles. The minimum atomic E-state index is 0.0765. The van der Waals surface area contributed by atoms with Crippen LogP contribution in [-0.2, 0) is 0 Å². The Morgan fingerprint density at radius 2 is 2.14 bits per heavy atom. The standard InChI is InChI=1S/C17H23N3P2/c1-10-12-9-11(21)6-7-13(12)20-15-14(5-4-8-18-15)19(3)16(20)17(10,2)22/h4-7,9-10,16,18H,8,21-22H2,1-3H3. The molecule has 0 aromatic heterocycles. The maximum atomic E-state index is 3.58. The third-order valence-electron chi connectivity index (χ3n) is 5.40. The van der Waals surface area contributed by atoms with Crippen molar-refractivity contribution < 1.29 is 0 Å². The normalized spacial score (nSPS) is 32.6. The monoisotopic (exact) mass is 331 g/mol. The molecule has 0 spiro atoms. The summed E-state index contributed by atoms with van der Waals surface area (Å²) in [6, 6.07) is 6.78. The van der Waals surface area contributed by atoms with Crippen LogP contribution in [-0.4, -0.2) is 29.8 Å². The maximum Gasteiger partial charge on any atom is 0.132 e. The number of nitrogens with zero attached hydrogens (tertiary/aromatic N) is 2. The van der Waals surface area contributed by atoms with Gasteiger partial charge >= 0.3 is 0 Å². The molecule has 0 fully saturated rings. The number of rotatable bonds is 0. The summed E-state index contributed by atoms with van der Waals surface area (Å²) in [6.45, 7) is 5.61. The van der Waals surface area contributed by atoms with Gasteiger partial charge in [0.15, 0.2) is 0 Å². The number of benzene rings is 1. The van der Waals surface area contributed by atoms with Gasteiger partial charge in [0.05, 0.1) is 5.70 Å². The molecular formula is C17H23N3P2. The molecule has 0 saturated heterocycles. The Morgan fingerprint density at radius 3 is 2.91 bits per heavy atom. The molecule has 4 rings (SSSR count). The van der Waals surface area contributed by atoms with Crippen LogP contribution < -0.4 is 15.5 Å². The lowest BCUT2D eigenvalue weighted by Crippen LogP contribution is -2.57. The van der Waals surface area contributed by atoms with Crippen LogP contribution >= 0.6 is 18.5 Å². The molecule has 5 unspecified atom stereocenters. The summed E-state index contributed by atoms with van der Waals surface area (Å²) in [7, 11) is 8.17. The molecule has 0 amide bonds. The molecule has 22 heavy (non-hydrogen) atoms. The van der Waals surface area contributed by atoms with Gasteiger partial charge < -0.3 is 15.1 Å². The smallest absolute Gasteiger partial charge is 0.132 e. The fraction of sp³-hybridized carbons (Fsp3) is 0.412. The van der Waals surface area contributed by atoms with Crippen molar-refractivity contribution in [1.82, 2.24) is 10.2 Å². The molecule has 3 heterocycles. The third kappa shape index (κ3) is 1.76. The Balaban J connectivity index is 1.97. The number of likely N-dealkylation sites (N-methyl/N-ethyl adjacent to an activating group) is 1. The molecule has 116 valence electrons. The minimum absolute atomic E-state index is 0.0765. The van der Waals surface area contributed by atoms with Gasteiger partial charge in [0.1, 0.15) is 12.0 Å². The molecule has 5 atom stereocenters. The van der Waals surface area contributed by atoms with Crippen molar-refractivity contribution in [1.29, 1.82) is 0 Å². The zero-order chi connectivity index (χ0) is 15.6. The van der Waals surface area contributed by atoms with Gasteiger partial charge in [-0.2, -0.15) is 0 Å². The van der Waals surface area contributed by atoms with Crippen LogP contribution in [0.4, 0.5) is 5.69 Å². The van der Waals surface area contributed by atoms with E-state index in [0.29, 0.717) is 12.1 Å². The highest BCUT2D eigenvalue weighted by Crippen LogP contribution is 2.53. The van der Waals surface area contributed by atoms with Gasteiger partial charge in [0, 0.05) is 24.4 Å². The lowest BCUT2D eigenvalue weighted by Gasteiger charge is -2.51. The van der Waals surface area contributed by atoms with E-state index >= 15 is 0 Å². The molecule has 3 nitrogen and oxygen atoms in total. The highest BCUT2D eigenvalue weighted by Gasteiger charge is 2.52. The van der Waals surface area contributed by atoms with E-state index in [1.807, 2.05) is 0 Å². The van der Waals surface area contributed by atoms with E-state index in [-0.39, 0.29) is 5.16 Å². The van der Waals surface area contributed by atoms with Crippen molar-refractivity contribution in [2.75, 3.05) is 18.5 Å². The summed E-state index contributed by atoms with van der Waals surface area (Å²) in [5.74, 6) is 1.72. The summed E-state index contributed by atoms with van der Waals surface area (Å²) in [5.41, 5.74) is 4.06. The van der Waals surface area contributed by atoms with Crippen LogP contribution in [0.2, 0.25) is 0 Å². The van der Waals surface area contributed by atoms with Gasteiger partial charge in [-0.1, -0.05) is 26.0 Å². The second-order valence-corrected chi connectivity index (χ2v) is 8.69. The molecule has 1 N–H and O–H groups in total. The predicted molar refractivity (Wildman–Crippen MR) is 101 cm³/mol. The summed E-state index contributed by atoms with van der Waals surface area (Å²) in [5, 5.41) is 4.91. The third-order valence-corrected chi connectivity index (χ3v) is 6.56. The fourth-order valence-corrected chi connectivity index (χ4v) is 4.89. The van der Waals surface area contributed by atoms with Gasteiger partial charge in [-0.05, 0) is 35.0 Å². The lowest BCUT2D eigenvalue weighted by molar-refractivity contribution is 0.251. The zero-order valence-electron chi connectivity index (χ0n) is 13.3. The minimum Gasteiger partial charge on any atom is -0.366 e. The first-order valence-corrected chi connectivity index (χ1v) is 8.93. The Labute approximate surface area is 137 Å². The van der Waals surface area contributed by atoms with Crippen LogP contribution in [0.5, 0.6) is 0 Å². The SMILES string of the molecule is CC1c2cc(P)ccc2N2C3=C(C=CCN3)N(C)C2C1(C)P. The van der Waals surface area contributed by atoms with Crippen molar-refractivity contribution in [2.45, 2.75) is 31.1 Å². The first-order chi connectivity index (χ1) is 10.4. The summed E-state index contributed by atoms with van der Waals surface area (Å²) >= 11 is 0. The summed E-state index contributed by atoms with van der Waals surface area (Å²) < 4.78 is 0. The van der Waals surface area contributed by atoms with Crippen LogP contribution in [0.25, 0.3) is 0 Å². The quantitative estimate of drug-likeness (QED) is 0.736. The van der Waals surface area contributed by atoms with Crippen molar-refractivity contribution in [3.8, 4) is 0 Å². The van der Waals surface area contributed by atoms with E-state index in [2.05, 4.69) is 84.8 Å². The van der Waals surface area contributed by atoms with Crippen LogP contribution in [0, 0.1) is 0 Å². The van der Waals surface area contributed by atoms with Crippen molar-refractivity contribution in [2.24, 2.45) is 0 Å². The number of dihydropyridines is 1. The van der Waals surface area contributed by atoms with Crippen LogP contribution in [0.3, 0.4) is 0 Å². The largest absolute Gasteiger partial charge is 0.366 e. The molecule has 0 bridgehead atoms. The van der Waals surface area contributed by atoms with Gasteiger partial charge in [-0.25, -0.2) is 0 Å². The van der Waals surface area contributed by atoms with Gasteiger partial charge in [-0.15, -0.1) is 18.5 Å². The van der Waals surface area contributed by atoms with E-state index in [0.717, 1.165) is 6.54 Å². The van der Waals surface area contributed by atoms with E-state index < -0.39 is 0 Å². The Kier molecular flexibility index (Phi) is 3.13. The number of fused-ring (bicyclic) bond motifs is 4. The number of hydrogen-bond donors (Lipinski definition) is 1. The molecular weight excluding hydrogens is 308 g/mol. The van der Waals surface area contributed by atoms with Crippen molar-refractivity contribution in [3.63, 3.8) is 0 Å². The first-order valence-electron chi connectivity index (χ1n) is 7.78. The van der Waals surface area contributed by atoms with E-state index in [4.69, 9.17) is 0 Å².